The highest BCUT2D eigenvalue weighted by Gasteiger charge is 2.55. The van der Waals surface area contributed by atoms with Gasteiger partial charge in [-0.25, -0.2) is 0 Å². The number of benzene rings is 2. The summed E-state index contributed by atoms with van der Waals surface area (Å²) in [5, 5.41) is 14.3. The Morgan fingerprint density at radius 1 is 0.952 bits per heavy atom. The van der Waals surface area contributed by atoms with Crippen LogP contribution in [0.25, 0.3) is 0 Å². The van der Waals surface area contributed by atoms with Crippen LogP contribution in [0.2, 0.25) is 0 Å². The first-order valence-electron chi connectivity index (χ1n) is 15.3. The second kappa shape index (κ2) is 15.1. The van der Waals surface area contributed by atoms with E-state index in [1.54, 1.807) is 0 Å². The zero-order valence-corrected chi connectivity index (χ0v) is 26.8. The molecule has 8 heteroatoms. The van der Waals surface area contributed by atoms with Crippen molar-refractivity contribution in [3.05, 3.63) is 65.2 Å². The molecule has 236 valence electrons. The fourth-order valence-corrected chi connectivity index (χ4v) is 5.60. The summed E-state index contributed by atoms with van der Waals surface area (Å²) in [6.45, 7) is 17.6. The minimum Gasteiger partial charge on any atom is -0.491 e. The monoisotopic (exact) mass is 585 g/mol. The van der Waals surface area contributed by atoms with E-state index in [2.05, 4.69) is 76.3 Å². The number of aliphatic hydroxyl groups excluding tert-OH is 1. The topological polar surface area (TPSA) is 121 Å². The summed E-state index contributed by atoms with van der Waals surface area (Å²) in [7, 11) is 0. The molecular weight excluding hydrogens is 530 g/mol. The van der Waals surface area contributed by atoms with E-state index < -0.39 is 6.10 Å². The summed E-state index contributed by atoms with van der Waals surface area (Å²) in [5.41, 5.74) is 14.7. The molecule has 0 aromatic heterocycles. The Morgan fingerprint density at radius 2 is 1.48 bits per heavy atom. The lowest BCUT2D eigenvalue weighted by Gasteiger charge is -2.56. The van der Waals surface area contributed by atoms with Crippen LogP contribution in [0.3, 0.4) is 0 Å². The van der Waals surface area contributed by atoms with Crippen molar-refractivity contribution in [2.45, 2.75) is 90.1 Å². The van der Waals surface area contributed by atoms with Crippen molar-refractivity contribution in [2.24, 2.45) is 16.9 Å². The average Bonchev–Trinajstić information content (AvgIpc) is 2.94. The molecule has 5 atom stereocenters. The maximum atomic E-state index is 10.8. The van der Waals surface area contributed by atoms with E-state index in [1.807, 2.05) is 26.0 Å². The molecule has 2 aromatic rings. The number of β-amino-alcohol motifs (C(OH)–C–C–N with tert-alkyl or cyclic N) is 1. The lowest BCUT2D eigenvalue weighted by molar-refractivity contribution is -0.229. The molecule has 42 heavy (non-hydrogen) atoms. The van der Waals surface area contributed by atoms with E-state index in [9.17, 15) is 5.11 Å². The molecule has 6 N–H and O–H groups in total. The van der Waals surface area contributed by atoms with Gasteiger partial charge in [0.05, 0.1) is 44.7 Å². The highest BCUT2D eigenvalue weighted by molar-refractivity contribution is 5.40. The predicted octanol–water partition coefficient (Wildman–Crippen LogP) is 3.93. The number of hydrogen-bond acceptors (Lipinski definition) is 8. The molecule has 0 amide bonds. The van der Waals surface area contributed by atoms with Crippen molar-refractivity contribution in [3.8, 4) is 5.75 Å². The Labute approximate surface area is 253 Å². The van der Waals surface area contributed by atoms with Crippen LogP contribution in [-0.4, -0.2) is 81.1 Å². The normalized spacial score (nSPS) is 22.6. The number of rotatable bonds is 18. The van der Waals surface area contributed by atoms with E-state index in [0.29, 0.717) is 39.6 Å². The first-order chi connectivity index (χ1) is 19.8. The maximum Gasteiger partial charge on any atom is 0.119 e. The van der Waals surface area contributed by atoms with Crippen LogP contribution >= 0.6 is 0 Å². The Bertz CT molecular complexity index is 1060. The molecule has 0 radical (unpaired) electrons. The van der Waals surface area contributed by atoms with Gasteiger partial charge in [0.25, 0.3) is 0 Å². The molecule has 8 nitrogen and oxygen atoms in total. The smallest absolute Gasteiger partial charge is 0.119 e. The van der Waals surface area contributed by atoms with Crippen molar-refractivity contribution in [1.82, 2.24) is 5.32 Å². The number of nitrogens with two attached hydrogens (primary N) is 2. The van der Waals surface area contributed by atoms with Crippen molar-refractivity contribution >= 4 is 0 Å². The van der Waals surface area contributed by atoms with Crippen molar-refractivity contribution < 1.29 is 24.1 Å². The van der Waals surface area contributed by atoms with Crippen LogP contribution in [0.1, 0.15) is 64.7 Å². The zero-order chi connectivity index (χ0) is 31.0. The Kier molecular flexibility index (Phi) is 12.4. The van der Waals surface area contributed by atoms with Crippen molar-refractivity contribution in [3.63, 3.8) is 0 Å². The SMILES string of the molecule is CCC(COCC(C)N)(COCC(C)N)C1OCC1(C)NCC(O)COc1ccc(C(C)(C)c2ccc(C)cc2)cc1. The molecule has 0 aliphatic carbocycles. The van der Waals surface area contributed by atoms with Crippen molar-refractivity contribution in [2.75, 3.05) is 46.2 Å². The van der Waals surface area contributed by atoms with E-state index in [0.717, 1.165) is 12.2 Å². The summed E-state index contributed by atoms with van der Waals surface area (Å²) in [6, 6.07) is 16.7. The Balaban J connectivity index is 1.56. The second-order valence-electron chi connectivity index (χ2n) is 13.2. The van der Waals surface area contributed by atoms with Gasteiger partial charge in [-0.05, 0) is 57.4 Å². The van der Waals surface area contributed by atoms with Gasteiger partial charge in [0.2, 0.25) is 0 Å². The van der Waals surface area contributed by atoms with Gasteiger partial charge >= 0.3 is 0 Å². The predicted molar refractivity (Wildman–Crippen MR) is 169 cm³/mol. The minimum atomic E-state index is -0.688. The van der Waals surface area contributed by atoms with Crippen LogP contribution < -0.4 is 21.5 Å². The third-order valence-electron chi connectivity index (χ3n) is 8.46. The van der Waals surface area contributed by atoms with Gasteiger partial charge in [0.1, 0.15) is 18.5 Å². The molecule has 1 aliphatic rings. The summed E-state index contributed by atoms with van der Waals surface area (Å²) in [5.74, 6) is 0.733. The third-order valence-corrected chi connectivity index (χ3v) is 8.46. The second-order valence-corrected chi connectivity index (χ2v) is 13.2. The van der Waals surface area contributed by atoms with Crippen LogP contribution in [-0.2, 0) is 19.6 Å². The van der Waals surface area contributed by atoms with Gasteiger partial charge in [0, 0.05) is 29.5 Å². The lowest BCUT2D eigenvalue weighted by atomic mass is 9.69. The molecular formula is C34H55N3O5. The fraction of sp³-hybridized carbons (Fsp3) is 0.647. The van der Waals surface area contributed by atoms with Gasteiger partial charge in [-0.3, -0.25) is 0 Å². The first kappa shape index (κ1) is 34.5. The molecule has 1 fully saturated rings. The number of ether oxygens (including phenoxy) is 4. The Hall–Kier alpha value is -2.04. The first-order valence-corrected chi connectivity index (χ1v) is 15.3. The lowest BCUT2D eigenvalue weighted by Crippen LogP contribution is -2.72. The average molecular weight is 586 g/mol. The molecule has 3 rings (SSSR count). The summed E-state index contributed by atoms with van der Waals surface area (Å²) in [4.78, 5) is 0. The quantitative estimate of drug-likeness (QED) is 0.208. The van der Waals surface area contributed by atoms with Gasteiger partial charge in [-0.2, -0.15) is 0 Å². The number of aryl methyl sites for hydroxylation is 1. The molecule has 5 unspecified atom stereocenters. The fourth-order valence-electron chi connectivity index (χ4n) is 5.60. The number of aliphatic hydroxyl groups is 1. The molecule has 0 saturated carbocycles. The van der Waals surface area contributed by atoms with Gasteiger partial charge in [-0.1, -0.05) is 62.7 Å². The maximum absolute atomic E-state index is 10.8. The molecule has 1 heterocycles. The van der Waals surface area contributed by atoms with Gasteiger partial charge < -0.3 is 40.8 Å². The molecule has 0 bridgehead atoms. The van der Waals surface area contributed by atoms with Gasteiger partial charge in [0.15, 0.2) is 0 Å². The molecule has 0 spiro atoms. The van der Waals surface area contributed by atoms with E-state index >= 15 is 0 Å². The Morgan fingerprint density at radius 3 is 1.93 bits per heavy atom. The molecule has 1 saturated heterocycles. The summed E-state index contributed by atoms with van der Waals surface area (Å²) in [6.07, 6.45) is -0.0463. The van der Waals surface area contributed by atoms with Crippen molar-refractivity contribution in [1.29, 1.82) is 0 Å². The van der Waals surface area contributed by atoms with Crippen LogP contribution in [0.15, 0.2) is 48.5 Å². The zero-order valence-electron chi connectivity index (χ0n) is 26.8. The standard InChI is InChI=1S/C34H55N3O5/c1-8-34(22-39-18-25(3)35,23-40-19-26(4)36)31-33(7,21-42-31)37-17-29(38)20-41-30-15-13-28(14-16-30)32(5,6)27-11-9-24(2)10-12-27/h9-16,25-26,29,31,37-38H,8,17-23,35-36H2,1-7H3. The van der Waals surface area contributed by atoms with Crippen LogP contribution in [0.4, 0.5) is 0 Å². The molecule has 1 aliphatic heterocycles. The van der Waals surface area contributed by atoms with E-state index in [-0.39, 0.29) is 41.2 Å². The van der Waals surface area contributed by atoms with Crippen LogP contribution in [0.5, 0.6) is 5.75 Å². The largest absolute Gasteiger partial charge is 0.491 e. The third kappa shape index (κ3) is 8.99. The van der Waals surface area contributed by atoms with Gasteiger partial charge in [-0.15, -0.1) is 0 Å². The molecule has 2 aromatic carbocycles. The summed E-state index contributed by atoms with van der Waals surface area (Å²) < 4.78 is 24.1. The van der Waals surface area contributed by atoms with Crippen LogP contribution in [0, 0.1) is 12.3 Å². The highest BCUT2D eigenvalue weighted by Crippen LogP contribution is 2.42. The van der Waals surface area contributed by atoms with E-state index in [1.165, 1.54) is 16.7 Å². The highest BCUT2D eigenvalue weighted by atomic mass is 16.5. The number of nitrogens with one attached hydrogen (secondary N) is 1. The number of hydrogen-bond donors (Lipinski definition) is 4. The van der Waals surface area contributed by atoms with E-state index in [4.69, 9.17) is 30.4 Å². The summed E-state index contributed by atoms with van der Waals surface area (Å²) >= 11 is 0. The minimum absolute atomic E-state index is 0.0533.